The highest BCUT2D eigenvalue weighted by molar-refractivity contribution is 7.95. The molecule has 0 bridgehead atoms. The zero-order chi connectivity index (χ0) is 23.7. The number of anilines is 1. The normalized spacial score (nSPS) is 16.3. The fourth-order valence-electron chi connectivity index (χ4n) is 3.22. The first-order valence-electron chi connectivity index (χ1n) is 9.13. The molecule has 1 aromatic carbocycles. The number of pyridine rings is 1. The Morgan fingerprint density at radius 1 is 1.28 bits per heavy atom. The number of fused-ring (bicyclic) bond motifs is 2. The van der Waals surface area contributed by atoms with Crippen LogP contribution < -0.4 is 10.0 Å². The largest absolute Gasteiger partial charge is 0.490 e. The van der Waals surface area contributed by atoms with Gasteiger partial charge in [0.2, 0.25) is 0 Å². The number of thiophene rings is 1. The quantitative estimate of drug-likeness (QED) is 0.513. The van der Waals surface area contributed by atoms with Gasteiger partial charge in [0, 0.05) is 6.54 Å². The van der Waals surface area contributed by atoms with E-state index in [4.69, 9.17) is 27.2 Å². The van der Waals surface area contributed by atoms with Crippen molar-refractivity contribution in [2.75, 3.05) is 17.4 Å². The highest BCUT2D eigenvalue weighted by Gasteiger charge is 2.38. The van der Waals surface area contributed by atoms with Crippen molar-refractivity contribution < 1.29 is 31.5 Å². The summed E-state index contributed by atoms with van der Waals surface area (Å²) >= 11 is 7.12. The van der Waals surface area contributed by atoms with Gasteiger partial charge in [-0.2, -0.15) is 13.2 Å². The maximum Gasteiger partial charge on any atom is 0.490 e. The highest BCUT2D eigenvalue weighted by Crippen LogP contribution is 2.39. The molecule has 3 heterocycles. The van der Waals surface area contributed by atoms with E-state index in [2.05, 4.69) is 4.98 Å². The second-order valence-corrected chi connectivity index (χ2v) is 10.3. The predicted molar refractivity (Wildman–Crippen MR) is 116 cm³/mol. The average molecular weight is 508 g/mol. The summed E-state index contributed by atoms with van der Waals surface area (Å²) in [6, 6.07) is 12.6. The Labute approximate surface area is 190 Å². The standard InChI is InChI=1S/C17H16ClN3O2S2.C2HF3O2/c18-16-6-5-15-13(20-16)9-17(24-15)25(22,23)21-8-7-11(10-19)12-3-1-2-4-14(12)21;3-2(4,5)1(6)7/h1-6,9,11H,7-8,10,19H2;(H,6,7). The van der Waals surface area contributed by atoms with E-state index in [1.54, 1.807) is 18.2 Å². The third-order valence-electron chi connectivity index (χ3n) is 4.71. The molecule has 1 unspecified atom stereocenters. The number of benzene rings is 1. The number of alkyl halides is 3. The summed E-state index contributed by atoms with van der Waals surface area (Å²) in [4.78, 5) is 13.1. The fourth-order valence-corrected chi connectivity index (χ4v) is 6.31. The van der Waals surface area contributed by atoms with Crippen molar-refractivity contribution in [2.45, 2.75) is 22.7 Å². The number of halogens is 4. The molecule has 4 rings (SSSR count). The van der Waals surface area contributed by atoms with Gasteiger partial charge in [0.15, 0.2) is 0 Å². The first-order chi connectivity index (χ1) is 14.9. The van der Waals surface area contributed by atoms with Crippen molar-refractivity contribution in [3.05, 3.63) is 53.2 Å². The lowest BCUT2D eigenvalue weighted by Crippen LogP contribution is -2.37. The van der Waals surface area contributed by atoms with Gasteiger partial charge in [0.25, 0.3) is 10.0 Å². The summed E-state index contributed by atoms with van der Waals surface area (Å²) in [5, 5.41) is 7.48. The Morgan fingerprint density at radius 2 is 1.94 bits per heavy atom. The minimum Gasteiger partial charge on any atom is -0.475 e. The number of carbonyl (C=O) groups is 1. The molecule has 172 valence electrons. The van der Waals surface area contributed by atoms with Crippen LogP contribution in [0.25, 0.3) is 10.2 Å². The van der Waals surface area contributed by atoms with Gasteiger partial charge in [-0.25, -0.2) is 18.2 Å². The van der Waals surface area contributed by atoms with Crippen LogP contribution in [0.2, 0.25) is 5.15 Å². The number of nitrogens with zero attached hydrogens (tertiary/aromatic N) is 2. The van der Waals surface area contributed by atoms with Gasteiger partial charge in [0.1, 0.15) is 9.36 Å². The minimum absolute atomic E-state index is 0.186. The van der Waals surface area contributed by atoms with Crippen molar-refractivity contribution in [1.82, 2.24) is 4.98 Å². The average Bonchev–Trinajstić information content (AvgIpc) is 3.16. The number of hydrogen-bond donors (Lipinski definition) is 2. The SMILES string of the molecule is NCC1CCN(S(=O)(=O)c2cc3nc(Cl)ccc3s2)c2ccccc21.O=C(O)C(F)(F)F. The lowest BCUT2D eigenvalue weighted by molar-refractivity contribution is -0.192. The van der Waals surface area contributed by atoms with Gasteiger partial charge in [-0.15, -0.1) is 11.3 Å². The first kappa shape index (κ1) is 24.2. The molecule has 1 aliphatic heterocycles. The van der Waals surface area contributed by atoms with E-state index < -0.39 is 22.2 Å². The van der Waals surface area contributed by atoms with Crippen molar-refractivity contribution in [2.24, 2.45) is 5.73 Å². The molecular formula is C19H17ClF3N3O4S2. The smallest absolute Gasteiger partial charge is 0.475 e. The summed E-state index contributed by atoms with van der Waals surface area (Å²) in [5.74, 6) is -2.57. The van der Waals surface area contributed by atoms with Gasteiger partial charge >= 0.3 is 12.1 Å². The summed E-state index contributed by atoms with van der Waals surface area (Å²) in [7, 11) is -3.65. The van der Waals surface area contributed by atoms with Crippen LogP contribution in [0.15, 0.2) is 46.7 Å². The molecule has 0 aliphatic carbocycles. The number of carboxylic acid groups (broad SMARTS) is 1. The monoisotopic (exact) mass is 507 g/mol. The van der Waals surface area contributed by atoms with E-state index in [9.17, 15) is 21.6 Å². The maximum atomic E-state index is 13.2. The second kappa shape index (κ2) is 9.22. The van der Waals surface area contributed by atoms with Crippen LogP contribution in [-0.4, -0.2) is 43.7 Å². The number of aromatic nitrogens is 1. The molecule has 3 N–H and O–H groups in total. The van der Waals surface area contributed by atoms with Crippen molar-refractivity contribution >= 4 is 54.8 Å². The Balaban J connectivity index is 0.000000360. The molecule has 0 saturated carbocycles. The third-order valence-corrected chi connectivity index (χ3v) is 8.28. The molecule has 0 radical (unpaired) electrons. The van der Waals surface area contributed by atoms with Crippen molar-refractivity contribution in [3.63, 3.8) is 0 Å². The molecular weight excluding hydrogens is 491 g/mol. The molecule has 3 aromatic rings. The van der Waals surface area contributed by atoms with Gasteiger partial charge in [-0.1, -0.05) is 29.8 Å². The number of hydrogen-bond acceptors (Lipinski definition) is 6. The number of rotatable bonds is 3. The van der Waals surface area contributed by atoms with Crippen LogP contribution in [0, 0.1) is 0 Å². The van der Waals surface area contributed by atoms with E-state index >= 15 is 0 Å². The Morgan fingerprint density at radius 3 is 2.56 bits per heavy atom. The molecule has 0 saturated heterocycles. The van der Waals surface area contributed by atoms with E-state index in [-0.39, 0.29) is 10.1 Å². The first-order valence-corrected chi connectivity index (χ1v) is 11.8. The predicted octanol–water partition coefficient (Wildman–Crippen LogP) is 4.22. The molecule has 2 aromatic heterocycles. The number of sulfonamides is 1. The van der Waals surface area contributed by atoms with E-state index in [1.807, 2.05) is 24.3 Å². The topological polar surface area (TPSA) is 114 Å². The summed E-state index contributed by atoms with van der Waals surface area (Å²) in [6.07, 6.45) is -4.37. The molecule has 0 spiro atoms. The summed E-state index contributed by atoms with van der Waals surface area (Å²) in [6.45, 7) is 0.930. The Kier molecular flexibility index (Phi) is 6.98. The van der Waals surface area contributed by atoms with Crippen LogP contribution in [0.4, 0.5) is 18.9 Å². The zero-order valence-corrected chi connectivity index (χ0v) is 18.6. The van der Waals surface area contributed by atoms with Crippen LogP contribution in [0.3, 0.4) is 0 Å². The molecule has 0 amide bonds. The molecule has 0 fully saturated rings. The Hall–Kier alpha value is -2.41. The zero-order valence-electron chi connectivity index (χ0n) is 16.2. The minimum atomic E-state index is -5.08. The van der Waals surface area contributed by atoms with Gasteiger partial charge in [0.05, 0.1) is 15.9 Å². The molecule has 1 atom stereocenters. The van der Waals surface area contributed by atoms with Crippen LogP contribution >= 0.6 is 22.9 Å². The second-order valence-electron chi connectivity index (χ2n) is 6.74. The summed E-state index contributed by atoms with van der Waals surface area (Å²) < 4.78 is 60.8. The van der Waals surface area contributed by atoms with Crippen LogP contribution in [-0.2, 0) is 14.8 Å². The van der Waals surface area contributed by atoms with Crippen LogP contribution in [0.5, 0.6) is 0 Å². The highest BCUT2D eigenvalue weighted by atomic mass is 35.5. The number of aliphatic carboxylic acids is 1. The molecule has 1 aliphatic rings. The number of carboxylic acids is 1. The van der Waals surface area contributed by atoms with Gasteiger partial charge in [-0.3, -0.25) is 4.31 Å². The van der Waals surface area contributed by atoms with Gasteiger partial charge in [-0.05, 0) is 48.7 Å². The van der Waals surface area contributed by atoms with Crippen molar-refractivity contribution in [1.29, 1.82) is 0 Å². The summed E-state index contributed by atoms with van der Waals surface area (Å²) in [5.41, 5.74) is 8.16. The maximum absolute atomic E-state index is 13.2. The van der Waals surface area contributed by atoms with Crippen LogP contribution in [0.1, 0.15) is 17.9 Å². The molecule has 32 heavy (non-hydrogen) atoms. The molecule has 13 heteroatoms. The van der Waals surface area contributed by atoms with E-state index in [0.717, 1.165) is 10.3 Å². The van der Waals surface area contributed by atoms with E-state index in [0.29, 0.717) is 35.9 Å². The fraction of sp³-hybridized carbons (Fsp3) is 0.263. The number of para-hydroxylation sites is 1. The lowest BCUT2D eigenvalue weighted by atomic mass is 9.91. The van der Waals surface area contributed by atoms with Crippen molar-refractivity contribution in [3.8, 4) is 0 Å². The lowest BCUT2D eigenvalue weighted by Gasteiger charge is -2.34. The van der Waals surface area contributed by atoms with E-state index in [1.165, 1.54) is 15.6 Å². The van der Waals surface area contributed by atoms with Gasteiger partial charge < -0.3 is 10.8 Å². The molecule has 7 nitrogen and oxygen atoms in total. The third kappa shape index (κ3) is 4.98. The number of nitrogens with two attached hydrogens (primary N) is 1. The Bertz CT molecular complexity index is 1250.